The van der Waals surface area contributed by atoms with E-state index in [0.29, 0.717) is 62.2 Å². The molecule has 2 aromatic rings. The first kappa shape index (κ1) is 37.8. The standard InChI is InChI=1S/C18H29NO3.C12H21N3O5S3/c1-14(2)19-11-17(20)13-22-18-7-5-15(6-8-18)9-10-21-12-16-3-4-16;1-3-14-10-8-15(5-4-6-20-2)23(18,19)12-9(10)7-11(21-12)22(13,16)17/h5-8,14,16-17,19-20H,3-4,9-13H2,1-2H3;7,10,14H,3-6,8H2,1-2H3,(H2,13,16,17)/t17-;10-/m00/s1. The predicted octanol–water partition coefficient (Wildman–Crippen LogP) is 2.48. The minimum absolute atomic E-state index is 0.0520. The van der Waals surface area contributed by atoms with Crippen molar-refractivity contribution in [1.29, 1.82) is 0 Å². The SMILES string of the molecule is CC(C)NC[C@H](O)COc1ccc(CCOCC2CC2)cc1.CCN[C@H]1CN(CCCOC)S(=O)(=O)c2sc(S(N)(=O)=O)cc21. The molecule has 0 spiro atoms. The van der Waals surface area contributed by atoms with E-state index in [1.165, 1.54) is 28.8 Å². The maximum Gasteiger partial charge on any atom is 0.252 e. The van der Waals surface area contributed by atoms with Crippen molar-refractivity contribution in [3.8, 4) is 5.75 Å². The first-order valence-electron chi connectivity index (χ1n) is 15.4. The van der Waals surface area contributed by atoms with Gasteiger partial charge in [-0.3, -0.25) is 0 Å². The number of aliphatic hydroxyl groups is 1. The van der Waals surface area contributed by atoms with Gasteiger partial charge in [0.05, 0.1) is 6.61 Å². The van der Waals surface area contributed by atoms with Crippen LogP contribution in [-0.2, 0) is 35.9 Å². The van der Waals surface area contributed by atoms with Gasteiger partial charge in [-0.05, 0) is 61.9 Å². The fourth-order valence-corrected chi connectivity index (χ4v) is 8.89. The minimum atomic E-state index is -3.94. The molecule has 256 valence electrons. The van der Waals surface area contributed by atoms with E-state index in [-0.39, 0.29) is 21.0 Å². The Morgan fingerprint density at radius 3 is 2.49 bits per heavy atom. The van der Waals surface area contributed by atoms with Crippen LogP contribution in [0.15, 0.2) is 38.8 Å². The van der Waals surface area contributed by atoms with Gasteiger partial charge in [0.25, 0.3) is 10.0 Å². The molecule has 45 heavy (non-hydrogen) atoms. The van der Waals surface area contributed by atoms with Crippen molar-refractivity contribution in [1.82, 2.24) is 14.9 Å². The number of nitrogens with two attached hydrogens (primary N) is 1. The Balaban J connectivity index is 0.000000246. The Hall–Kier alpha value is -1.66. The van der Waals surface area contributed by atoms with Gasteiger partial charge in [0.2, 0.25) is 10.0 Å². The molecule has 4 rings (SSSR count). The third-order valence-electron chi connectivity index (χ3n) is 7.24. The quantitative estimate of drug-likeness (QED) is 0.171. The molecular formula is C30H50N4O8S3. The summed E-state index contributed by atoms with van der Waals surface area (Å²) < 4.78 is 66.1. The molecule has 0 bridgehead atoms. The summed E-state index contributed by atoms with van der Waals surface area (Å²) >= 11 is 0.708. The maximum atomic E-state index is 12.7. The molecule has 1 aliphatic heterocycles. The summed E-state index contributed by atoms with van der Waals surface area (Å²) in [6.07, 6.45) is 3.69. The van der Waals surface area contributed by atoms with Gasteiger partial charge in [-0.15, -0.1) is 11.3 Å². The van der Waals surface area contributed by atoms with E-state index < -0.39 is 26.2 Å². The topological polar surface area (TPSA) is 170 Å². The molecule has 2 aliphatic rings. The highest BCUT2D eigenvalue weighted by Crippen LogP contribution is 2.39. The second-order valence-electron chi connectivity index (χ2n) is 11.6. The molecule has 15 heteroatoms. The number of aliphatic hydroxyl groups excluding tert-OH is 1. The van der Waals surface area contributed by atoms with Crippen LogP contribution < -0.4 is 20.5 Å². The van der Waals surface area contributed by atoms with E-state index in [0.717, 1.165) is 31.3 Å². The third kappa shape index (κ3) is 12.5. The van der Waals surface area contributed by atoms with Gasteiger partial charge in [-0.1, -0.05) is 32.9 Å². The number of nitrogens with one attached hydrogen (secondary N) is 2. The van der Waals surface area contributed by atoms with Gasteiger partial charge >= 0.3 is 0 Å². The number of methoxy groups -OCH3 is 1. The fourth-order valence-electron chi connectivity index (χ4n) is 4.59. The van der Waals surface area contributed by atoms with Gasteiger partial charge in [-0.2, -0.15) is 4.31 Å². The van der Waals surface area contributed by atoms with Crippen molar-refractivity contribution in [2.24, 2.45) is 11.1 Å². The highest BCUT2D eigenvalue weighted by atomic mass is 32.3. The number of rotatable bonds is 18. The smallest absolute Gasteiger partial charge is 0.252 e. The van der Waals surface area contributed by atoms with E-state index >= 15 is 0 Å². The van der Waals surface area contributed by atoms with Crippen LogP contribution in [-0.4, -0.2) is 98.1 Å². The van der Waals surface area contributed by atoms with E-state index in [2.05, 4.69) is 36.6 Å². The monoisotopic (exact) mass is 690 g/mol. The Labute approximate surface area is 272 Å². The lowest BCUT2D eigenvalue weighted by Gasteiger charge is -2.32. The number of thiophene rings is 1. The first-order chi connectivity index (χ1) is 21.3. The van der Waals surface area contributed by atoms with Crippen molar-refractivity contribution in [3.63, 3.8) is 0 Å². The molecule has 2 atom stereocenters. The largest absolute Gasteiger partial charge is 0.491 e. The molecular weight excluding hydrogens is 641 g/mol. The fraction of sp³-hybridized carbons (Fsp3) is 0.667. The number of nitrogens with zero attached hydrogens (tertiary/aromatic N) is 1. The van der Waals surface area contributed by atoms with Crippen molar-refractivity contribution in [3.05, 3.63) is 41.5 Å². The second kappa shape index (κ2) is 18.0. The zero-order valence-corrected chi connectivity index (χ0v) is 29.2. The van der Waals surface area contributed by atoms with Crippen LogP contribution >= 0.6 is 11.3 Å². The molecule has 12 nitrogen and oxygen atoms in total. The number of hydrogen-bond acceptors (Lipinski definition) is 11. The molecule has 1 saturated carbocycles. The lowest BCUT2D eigenvalue weighted by molar-refractivity contribution is 0.104. The van der Waals surface area contributed by atoms with Gasteiger partial charge in [-0.25, -0.2) is 22.0 Å². The average Bonchev–Trinajstić information content (AvgIpc) is 3.69. The van der Waals surface area contributed by atoms with E-state index in [1.807, 2.05) is 19.1 Å². The van der Waals surface area contributed by atoms with Gasteiger partial charge in [0, 0.05) is 57.6 Å². The van der Waals surface area contributed by atoms with Crippen LogP contribution in [0.3, 0.4) is 0 Å². The highest BCUT2D eigenvalue weighted by molar-refractivity contribution is 7.94. The number of ether oxygens (including phenoxy) is 3. The second-order valence-corrected chi connectivity index (χ2v) is 16.6. The van der Waals surface area contributed by atoms with Gasteiger partial charge in [0.1, 0.15) is 26.9 Å². The minimum Gasteiger partial charge on any atom is -0.491 e. The molecule has 5 N–H and O–H groups in total. The van der Waals surface area contributed by atoms with Crippen molar-refractivity contribution >= 4 is 31.4 Å². The Bertz CT molecular complexity index is 1380. The number of hydrogen-bond donors (Lipinski definition) is 4. The van der Waals surface area contributed by atoms with Gasteiger partial charge < -0.3 is 30.0 Å². The number of benzene rings is 1. The molecule has 0 radical (unpaired) electrons. The lowest BCUT2D eigenvalue weighted by atomic mass is 10.1. The highest BCUT2D eigenvalue weighted by Gasteiger charge is 2.39. The summed E-state index contributed by atoms with van der Waals surface area (Å²) in [5.41, 5.74) is 1.73. The molecule has 0 unspecified atom stereocenters. The molecule has 1 fully saturated rings. The lowest BCUT2D eigenvalue weighted by Crippen LogP contribution is -2.43. The normalized spacial score (nSPS) is 18.7. The summed E-state index contributed by atoms with van der Waals surface area (Å²) in [4.78, 5) is 0. The molecule has 0 amide bonds. The number of fused-ring (bicyclic) bond motifs is 1. The summed E-state index contributed by atoms with van der Waals surface area (Å²) in [6, 6.07) is 9.52. The number of sulfonamides is 2. The third-order valence-corrected chi connectivity index (χ3v) is 12.2. The van der Waals surface area contributed by atoms with E-state index in [4.69, 9.17) is 19.3 Å². The number of likely N-dealkylation sites (N-methyl/N-ethyl adjacent to an activating group) is 1. The zero-order valence-electron chi connectivity index (χ0n) is 26.7. The van der Waals surface area contributed by atoms with Crippen LogP contribution in [0.25, 0.3) is 0 Å². The molecule has 1 aliphatic carbocycles. The van der Waals surface area contributed by atoms with E-state index in [1.54, 1.807) is 7.11 Å². The van der Waals surface area contributed by atoms with E-state index in [9.17, 15) is 21.9 Å². The van der Waals surface area contributed by atoms with Crippen molar-refractivity contribution in [2.45, 2.75) is 73.1 Å². The Morgan fingerprint density at radius 2 is 1.89 bits per heavy atom. The van der Waals surface area contributed by atoms with Crippen LogP contribution in [0.4, 0.5) is 0 Å². The molecule has 1 aromatic carbocycles. The van der Waals surface area contributed by atoms with Crippen molar-refractivity contribution in [2.75, 3.05) is 59.7 Å². The van der Waals surface area contributed by atoms with Crippen LogP contribution in [0.1, 0.15) is 57.2 Å². The Kier molecular flexibility index (Phi) is 15.1. The van der Waals surface area contributed by atoms with Crippen LogP contribution in [0.2, 0.25) is 0 Å². The summed E-state index contributed by atoms with van der Waals surface area (Å²) in [5.74, 6) is 1.62. The molecule has 0 saturated heterocycles. The zero-order chi connectivity index (χ0) is 33.0. The predicted molar refractivity (Wildman–Crippen MR) is 176 cm³/mol. The van der Waals surface area contributed by atoms with Gasteiger partial charge in [0.15, 0.2) is 0 Å². The summed E-state index contributed by atoms with van der Waals surface area (Å²) in [5, 5.41) is 21.3. The first-order valence-corrected chi connectivity index (χ1v) is 19.2. The molecule has 2 heterocycles. The Morgan fingerprint density at radius 1 is 1.18 bits per heavy atom. The average molecular weight is 691 g/mol. The summed E-state index contributed by atoms with van der Waals surface area (Å²) in [7, 11) is -6.10. The van der Waals surface area contributed by atoms with Crippen LogP contribution in [0, 0.1) is 5.92 Å². The van der Waals surface area contributed by atoms with Crippen LogP contribution in [0.5, 0.6) is 5.75 Å². The summed E-state index contributed by atoms with van der Waals surface area (Å²) in [6.45, 7) is 10.3. The maximum absolute atomic E-state index is 12.7. The number of primary sulfonamides is 1. The molecule has 1 aromatic heterocycles. The van der Waals surface area contributed by atoms with Crippen molar-refractivity contribution < 1.29 is 36.2 Å².